The fourth-order valence-electron chi connectivity index (χ4n) is 1.57. The molecule has 0 radical (unpaired) electrons. The largest absolute Gasteiger partial charge is 0.350 e. The lowest BCUT2D eigenvalue weighted by Crippen LogP contribution is -2.34. The maximum Gasteiger partial charge on any atom is 0.271 e. The van der Waals surface area contributed by atoms with Gasteiger partial charge in [0.1, 0.15) is 5.69 Å². The van der Waals surface area contributed by atoms with E-state index >= 15 is 0 Å². The van der Waals surface area contributed by atoms with Crippen molar-refractivity contribution in [2.45, 2.75) is 26.7 Å². The van der Waals surface area contributed by atoms with E-state index in [9.17, 15) is 4.79 Å². The number of hydrogen-bond acceptors (Lipinski definition) is 2. The molecule has 1 amide bonds. The summed E-state index contributed by atoms with van der Waals surface area (Å²) in [7, 11) is 1.84. The van der Waals surface area contributed by atoms with E-state index in [2.05, 4.69) is 24.1 Å². The van der Waals surface area contributed by atoms with E-state index in [0.717, 1.165) is 12.8 Å². The maximum atomic E-state index is 11.8. The van der Waals surface area contributed by atoms with E-state index in [4.69, 9.17) is 11.6 Å². The second-order valence-corrected chi connectivity index (χ2v) is 5.44. The summed E-state index contributed by atoms with van der Waals surface area (Å²) in [6.45, 7) is 4.88. The minimum atomic E-state index is -0.121. The summed E-state index contributed by atoms with van der Waals surface area (Å²) in [5, 5.41) is 2.90. The lowest BCUT2D eigenvalue weighted by atomic mass is 9.88. The molecule has 0 fully saturated rings. The summed E-state index contributed by atoms with van der Waals surface area (Å²) in [5.74, 6) is 0.544. The van der Waals surface area contributed by atoms with Gasteiger partial charge < -0.3 is 9.88 Å². The number of aromatic nitrogens is 2. The number of halogens is 1. The molecule has 17 heavy (non-hydrogen) atoms. The normalized spacial score (nSPS) is 11.5. The Hall–Kier alpha value is -1.03. The Labute approximate surface area is 107 Å². The third-order valence-electron chi connectivity index (χ3n) is 2.65. The zero-order valence-corrected chi connectivity index (χ0v) is 11.4. The molecular formula is C12H20ClN3O. The summed E-state index contributed by atoms with van der Waals surface area (Å²) < 4.78 is 1.76. The number of carbonyl (C=O) groups excluding carboxylic acids is 1. The van der Waals surface area contributed by atoms with Gasteiger partial charge in [0.15, 0.2) is 0 Å². The summed E-state index contributed by atoms with van der Waals surface area (Å²) in [4.78, 5) is 15.8. The fourth-order valence-corrected chi connectivity index (χ4v) is 1.71. The van der Waals surface area contributed by atoms with E-state index < -0.39 is 0 Å². The molecule has 0 aliphatic rings. The monoisotopic (exact) mass is 257 g/mol. The van der Waals surface area contributed by atoms with Gasteiger partial charge in [0.2, 0.25) is 0 Å². The smallest absolute Gasteiger partial charge is 0.271 e. The number of alkyl halides is 1. The van der Waals surface area contributed by atoms with Crippen molar-refractivity contribution < 1.29 is 4.79 Å². The number of imidazole rings is 1. The van der Waals surface area contributed by atoms with Gasteiger partial charge >= 0.3 is 0 Å². The van der Waals surface area contributed by atoms with Crippen LogP contribution in [0.25, 0.3) is 0 Å². The SMILES string of the molecule is Cn1cnc(C(=O)NCC(C)(C)CCCCl)c1. The van der Waals surface area contributed by atoms with Gasteiger partial charge in [0.25, 0.3) is 5.91 Å². The number of hydrogen-bond donors (Lipinski definition) is 1. The molecule has 0 atom stereocenters. The fraction of sp³-hybridized carbons (Fsp3) is 0.667. The highest BCUT2D eigenvalue weighted by Gasteiger charge is 2.19. The Bertz CT molecular complexity index is 374. The average molecular weight is 258 g/mol. The summed E-state index contributed by atoms with van der Waals surface area (Å²) >= 11 is 5.67. The third kappa shape index (κ3) is 4.77. The predicted octanol–water partition coefficient (Wildman–Crippen LogP) is 2.20. The molecule has 0 bridgehead atoms. The molecule has 0 saturated heterocycles. The second kappa shape index (κ2) is 6.05. The highest BCUT2D eigenvalue weighted by atomic mass is 35.5. The second-order valence-electron chi connectivity index (χ2n) is 5.06. The molecule has 0 spiro atoms. The molecule has 0 saturated carbocycles. The van der Waals surface area contributed by atoms with Crippen molar-refractivity contribution in [2.75, 3.05) is 12.4 Å². The number of nitrogens with zero attached hydrogens (tertiary/aromatic N) is 2. The molecule has 1 heterocycles. The molecule has 5 heteroatoms. The van der Waals surface area contributed by atoms with Crippen LogP contribution in [-0.2, 0) is 7.05 Å². The quantitative estimate of drug-likeness (QED) is 0.795. The molecule has 0 aliphatic carbocycles. The Morgan fingerprint density at radius 3 is 2.82 bits per heavy atom. The number of rotatable bonds is 6. The molecular weight excluding hydrogens is 238 g/mol. The molecule has 0 unspecified atom stereocenters. The van der Waals surface area contributed by atoms with Crippen molar-refractivity contribution >= 4 is 17.5 Å². The van der Waals surface area contributed by atoms with E-state index in [1.54, 1.807) is 17.1 Å². The highest BCUT2D eigenvalue weighted by Crippen LogP contribution is 2.21. The number of aryl methyl sites for hydroxylation is 1. The van der Waals surface area contributed by atoms with Crippen LogP contribution in [0.4, 0.5) is 0 Å². The molecule has 0 aliphatic heterocycles. The van der Waals surface area contributed by atoms with Crippen LogP contribution in [0.2, 0.25) is 0 Å². The Morgan fingerprint density at radius 1 is 1.59 bits per heavy atom. The summed E-state index contributed by atoms with van der Waals surface area (Å²) in [6.07, 6.45) is 5.29. The van der Waals surface area contributed by atoms with Crippen molar-refractivity contribution in [3.8, 4) is 0 Å². The molecule has 1 rings (SSSR count). The van der Waals surface area contributed by atoms with E-state index in [1.807, 2.05) is 7.05 Å². The Morgan fingerprint density at radius 2 is 2.29 bits per heavy atom. The van der Waals surface area contributed by atoms with Crippen LogP contribution in [0.3, 0.4) is 0 Å². The van der Waals surface area contributed by atoms with Gasteiger partial charge in [-0.15, -0.1) is 11.6 Å². The van der Waals surface area contributed by atoms with Gasteiger partial charge in [-0.1, -0.05) is 13.8 Å². The van der Waals surface area contributed by atoms with Crippen LogP contribution in [0.1, 0.15) is 37.2 Å². The van der Waals surface area contributed by atoms with Gasteiger partial charge in [-0.05, 0) is 18.3 Å². The first-order valence-corrected chi connectivity index (χ1v) is 6.30. The molecule has 1 aromatic heterocycles. The first kappa shape index (κ1) is 14.0. The summed E-state index contributed by atoms with van der Waals surface area (Å²) in [6, 6.07) is 0. The van der Waals surface area contributed by atoms with Crippen LogP contribution in [0, 0.1) is 5.41 Å². The topological polar surface area (TPSA) is 46.9 Å². The molecule has 1 aromatic rings. The van der Waals surface area contributed by atoms with Crippen LogP contribution < -0.4 is 5.32 Å². The molecule has 4 nitrogen and oxygen atoms in total. The zero-order chi connectivity index (χ0) is 12.9. The van der Waals surface area contributed by atoms with E-state index in [-0.39, 0.29) is 11.3 Å². The summed E-state index contributed by atoms with van der Waals surface area (Å²) in [5.41, 5.74) is 0.528. The first-order chi connectivity index (χ1) is 7.94. The van der Waals surface area contributed by atoms with Crippen LogP contribution >= 0.6 is 11.6 Å². The van der Waals surface area contributed by atoms with Crippen LogP contribution in [0.5, 0.6) is 0 Å². The Kier molecular flexibility index (Phi) is 5.00. The van der Waals surface area contributed by atoms with Crippen molar-refractivity contribution in [1.29, 1.82) is 0 Å². The van der Waals surface area contributed by atoms with E-state index in [0.29, 0.717) is 18.1 Å². The van der Waals surface area contributed by atoms with Gasteiger partial charge in [-0.2, -0.15) is 0 Å². The van der Waals surface area contributed by atoms with Gasteiger partial charge in [0, 0.05) is 25.7 Å². The third-order valence-corrected chi connectivity index (χ3v) is 2.92. The van der Waals surface area contributed by atoms with Gasteiger partial charge in [-0.3, -0.25) is 4.79 Å². The zero-order valence-electron chi connectivity index (χ0n) is 10.7. The number of amides is 1. The number of nitrogens with one attached hydrogen (secondary N) is 1. The van der Waals surface area contributed by atoms with Crippen LogP contribution in [-0.4, -0.2) is 27.9 Å². The van der Waals surface area contributed by atoms with Gasteiger partial charge in [-0.25, -0.2) is 4.98 Å². The van der Waals surface area contributed by atoms with Crippen molar-refractivity contribution in [2.24, 2.45) is 12.5 Å². The van der Waals surface area contributed by atoms with Crippen molar-refractivity contribution in [3.05, 3.63) is 18.2 Å². The minimum absolute atomic E-state index is 0.0688. The Balaban J connectivity index is 2.42. The minimum Gasteiger partial charge on any atom is -0.350 e. The van der Waals surface area contributed by atoms with E-state index in [1.165, 1.54) is 0 Å². The predicted molar refractivity (Wildman–Crippen MR) is 69.3 cm³/mol. The van der Waals surface area contributed by atoms with Crippen molar-refractivity contribution in [3.63, 3.8) is 0 Å². The molecule has 1 N–H and O–H groups in total. The number of carbonyl (C=O) groups is 1. The molecule has 96 valence electrons. The first-order valence-electron chi connectivity index (χ1n) is 5.77. The standard InChI is InChI=1S/C12H20ClN3O/c1-12(2,5-4-6-13)8-14-11(17)10-7-16(3)9-15-10/h7,9H,4-6,8H2,1-3H3,(H,14,17). The lowest BCUT2D eigenvalue weighted by Gasteiger charge is -2.24. The highest BCUT2D eigenvalue weighted by molar-refractivity contribution is 6.17. The lowest BCUT2D eigenvalue weighted by molar-refractivity contribution is 0.0930. The van der Waals surface area contributed by atoms with Crippen molar-refractivity contribution in [1.82, 2.24) is 14.9 Å². The van der Waals surface area contributed by atoms with Crippen LogP contribution in [0.15, 0.2) is 12.5 Å². The van der Waals surface area contributed by atoms with Gasteiger partial charge in [0.05, 0.1) is 6.33 Å². The average Bonchev–Trinajstić information content (AvgIpc) is 2.70. The maximum absolute atomic E-state index is 11.8. The molecule has 0 aromatic carbocycles.